The van der Waals surface area contributed by atoms with Gasteiger partial charge < -0.3 is 20.6 Å². The molecule has 2 atom stereocenters. The third kappa shape index (κ3) is 11.1. The molecule has 192 valence electrons. The molecule has 35 heavy (non-hydrogen) atoms. The molecule has 2 rings (SSSR count). The maximum atomic E-state index is 12.7. The monoisotopic (exact) mass is 481 g/mol. The average molecular weight is 482 g/mol. The molecule has 2 amide bonds. The van der Waals surface area contributed by atoms with Gasteiger partial charge in [0, 0.05) is 39.0 Å². The number of benzene rings is 2. The van der Waals surface area contributed by atoms with E-state index in [-0.39, 0.29) is 18.2 Å². The summed E-state index contributed by atoms with van der Waals surface area (Å²) in [6, 6.07) is 17.7. The van der Waals surface area contributed by atoms with E-state index in [0.29, 0.717) is 32.4 Å². The van der Waals surface area contributed by atoms with Gasteiger partial charge in [0.1, 0.15) is 0 Å². The molecule has 0 spiro atoms. The number of nitrogens with one attached hydrogen (secondary N) is 2. The summed E-state index contributed by atoms with van der Waals surface area (Å²) in [7, 11) is 0. The second kappa shape index (κ2) is 16.1. The second-order valence-electron chi connectivity index (χ2n) is 9.29. The van der Waals surface area contributed by atoms with Gasteiger partial charge in [-0.1, -0.05) is 74.0 Å². The molecule has 0 aliphatic heterocycles. The first-order chi connectivity index (χ1) is 16.9. The number of hydrogen-bond donors (Lipinski definition) is 3. The summed E-state index contributed by atoms with van der Waals surface area (Å²) < 4.78 is 0. The van der Waals surface area contributed by atoms with Crippen LogP contribution in [0.4, 0.5) is 0 Å². The van der Waals surface area contributed by atoms with Crippen molar-refractivity contribution in [3.8, 4) is 0 Å². The maximum absolute atomic E-state index is 12.7. The molecule has 0 radical (unpaired) electrons. The number of nitrogens with zero attached hydrogens (tertiary/aromatic N) is 1. The molecule has 2 aromatic rings. The van der Waals surface area contributed by atoms with E-state index in [1.165, 1.54) is 0 Å². The fraction of sp³-hybridized carbons (Fsp3) is 0.517. The third-order valence-electron chi connectivity index (χ3n) is 6.01. The Morgan fingerprint density at radius 2 is 1.63 bits per heavy atom. The molecular weight excluding hydrogens is 438 g/mol. The van der Waals surface area contributed by atoms with Crippen LogP contribution in [-0.2, 0) is 22.6 Å². The van der Waals surface area contributed by atoms with E-state index >= 15 is 0 Å². The van der Waals surface area contributed by atoms with E-state index < -0.39 is 12.1 Å². The Bertz CT molecular complexity index is 882. The van der Waals surface area contributed by atoms with Crippen molar-refractivity contribution in [3.63, 3.8) is 0 Å². The minimum atomic E-state index is -0.741. The van der Waals surface area contributed by atoms with E-state index in [1.54, 1.807) is 0 Å². The molecule has 0 bridgehead atoms. The van der Waals surface area contributed by atoms with Crippen LogP contribution in [0.5, 0.6) is 0 Å². The average Bonchev–Trinajstić information content (AvgIpc) is 2.84. The summed E-state index contributed by atoms with van der Waals surface area (Å²) in [5.74, 6) is -0.0157. The predicted molar refractivity (Wildman–Crippen MR) is 142 cm³/mol. The molecule has 6 heteroatoms. The number of aryl methyl sites for hydroxylation is 1. The van der Waals surface area contributed by atoms with Crippen molar-refractivity contribution in [2.45, 2.75) is 78.0 Å². The molecule has 6 nitrogen and oxygen atoms in total. The van der Waals surface area contributed by atoms with Crippen LogP contribution in [0.15, 0.2) is 54.6 Å². The third-order valence-corrected chi connectivity index (χ3v) is 6.01. The summed E-state index contributed by atoms with van der Waals surface area (Å²) in [5, 5.41) is 17.3. The standard InChI is InChI=1S/C29H43N3O3/c1-4-17-32(18-5-2)29(35)16-10-15-28(34)31-26(20-25-14-9-11-23(3)19-25)27(33)22-30-21-24-12-7-6-8-13-24/h6-9,11-14,19,26-27,30,33H,4-5,10,15-18,20-22H2,1-3H3,(H,31,34)/t26-,27+/m0/s1. The minimum Gasteiger partial charge on any atom is -0.390 e. The number of amides is 2. The van der Waals surface area contributed by atoms with Crippen molar-refractivity contribution in [2.24, 2.45) is 0 Å². The van der Waals surface area contributed by atoms with Gasteiger partial charge in [0.15, 0.2) is 0 Å². The van der Waals surface area contributed by atoms with Gasteiger partial charge in [-0.25, -0.2) is 0 Å². The molecule has 0 saturated heterocycles. The van der Waals surface area contributed by atoms with E-state index in [4.69, 9.17) is 0 Å². The predicted octanol–water partition coefficient (Wildman–Crippen LogP) is 3.99. The van der Waals surface area contributed by atoms with Crippen LogP contribution >= 0.6 is 0 Å². The molecule has 0 heterocycles. The van der Waals surface area contributed by atoms with Crippen molar-refractivity contribution in [1.82, 2.24) is 15.5 Å². The van der Waals surface area contributed by atoms with Crippen molar-refractivity contribution in [3.05, 3.63) is 71.3 Å². The van der Waals surface area contributed by atoms with Gasteiger partial charge >= 0.3 is 0 Å². The Balaban J connectivity index is 1.91. The fourth-order valence-electron chi connectivity index (χ4n) is 4.22. The summed E-state index contributed by atoms with van der Waals surface area (Å²) in [6.07, 6.45) is 2.82. The van der Waals surface area contributed by atoms with Crippen molar-refractivity contribution in [1.29, 1.82) is 0 Å². The molecule has 0 aliphatic carbocycles. The molecule has 0 aromatic heterocycles. The van der Waals surface area contributed by atoms with Gasteiger partial charge in [-0.2, -0.15) is 0 Å². The first kappa shape index (κ1) is 28.5. The molecular formula is C29H43N3O3. The maximum Gasteiger partial charge on any atom is 0.222 e. The number of aliphatic hydroxyl groups excluding tert-OH is 1. The van der Waals surface area contributed by atoms with Gasteiger partial charge in [0.05, 0.1) is 12.1 Å². The summed E-state index contributed by atoms with van der Waals surface area (Å²) >= 11 is 0. The smallest absolute Gasteiger partial charge is 0.222 e. The Hall–Kier alpha value is -2.70. The van der Waals surface area contributed by atoms with Crippen LogP contribution in [0.1, 0.15) is 62.6 Å². The lowest BCUT2D eigenvalue weighted by Gasteiger charge is -2.25. The van der Waals surface area contributed by atoms with Crippen molar-refractivity contribution in [2.75, 3.05) is 19.6 Å². The van der Waals surface area contributed by atoms with Crippen LogP contribution in [0.25, 0.3) is 0 Å². The zero-order valence-electron chi connectivity index (χ0n) is 21.6. The molecule has 3 N–H and O–H groups in total. The van der Waals surface area contributed by atoms with Crippen molar-refractivity contribution < 1.29 is 14.7 Å². The van der Waals surface area contributed by atoms with Crippen molar-refractivity contribution >= 4 is 11.8 Å². The molecule has 0 aliphatic rings. The van der Waals surface area contributed by atoms with E-state index in [2.05, 4.69) is 30.5 Å². The molecule has 0 fully saturated rings. The summed E-state index contributed by atoms with van der Waals surface area (Å²) in [5.41, 5.74) is 3.36. The molecule has 0 unspecified atom stereocenters. The lowest BCUT2D eigenvalue weighted by Crippen LogP contribution is -2.48. The highest BCUT2D eigenvalue weighted by molar-refractivity contribution is 5.79. The summed E-state index contributed by atoms with van der Waals surface area (Å²) in [4.78, 5) is 27.1. The van der Waals surface area contributed by atoms with Gasteiger partial charge in [-0.3, -0.25) is 9.59 Å². The largest absolute Gasteiger partial charge is 0.390 e. The van der Waals surface area contributed by atoms with Crippen LogP contribution in [-0.4, -0.2) is 53.6 Å². The minimum absolute atomic E-state index is 0.114. The SMILES string of the molecule is CCCN(CCC)C(=O)CCCC(=O)N[C@@H](Cc1cccc(C)c1)[C@H](O)CNCc1ccccc1. The number of aliphatic hydroxyl groups is 1. The van der Waals surface area contributed by atoms with Gasteiger partial charge in [-0.15, -0.1) is 0 Å². The van der Waals surface area contributed by atoms with Crippen LogP contribution in [0, 0.1) is 6.92 Å². The molecule has 0 saturated carbocycles. The first-order valence-corrected chi connectivity index (χ1v) is 13.0. The topological polar surface area (TPSA) is 81.7 Å². The van der Waals surface area contributed by atoms with Crippen LogP contribution in [0.3, 0.4) is 0 Å². The Morgan fingerprint density at radius 1 is 0.943 bits per heavy atom. The quantitative estimate of drug-likeness (QED) is 0.339. The van der Waals surface area contributed by atoms with E-state index in [1.807, 2.05) is 60.4 Å². The zero-order chi connectivity index (χ0) is 25.5. The van der Waals surface area contributed by atoms with E-state index in [9.17, 15) is 14.7 Å². The Labute approximate surface area is 211 Å². The zero-order valence-corrected chi connectivity index (χ0v) is 21.6. The van der Waals surface area contributed by atoms with Crippen LogP contribution < -0.4 is 10.6 Å². The van der Waals surface area contributed by atoms with E-state index in [0.717, 1.165) is 42.6 Å². The highest BCUT2D eigenvalue weighted by atomic mass is 16.3. The second-order valence-corrected chi connectivity index (χ2v) is 9.29. The number of carbonyl (C=O) groups is 2. The summed E-state index contributed by atoms with van der Waals surface area (Å²) in [6.45, 7) is 8.71. The number of rotatable bonds is 16. The lowest BCUT2D eigenvalue weighted by molar-refractivity contribution is -0.131. The fourth-order valence-corrected chi connectivity index (χ4v) is 4.22. The Kier molecular flexibility index (Phi) is 13.1. The van der Waals surface area contributed by atoms with Gasteiger partial charge in [-0.05, 0) is 43.7 Å². The lowest BCUT2D eigenvalue weighted by atomic mass is 9.99. The van der Waals surface area contributed by atoms with Crippen LogP contribution in [0.2, 0.25) is 0 Å². The highest BCUT2D eigenvalue weighted by Crippen LogP contribution is 2.11. The normalized spacial score (nSPS) is 12.7. The van der Waals surface area contributed by atoms with Gasteiger partial charge in [0.25, 0.3) is 0 Å². The number of hydrogen-bond acceptors (Lipinski definition) is 4. The Morgan fingerprint density at radius 3 is 2.29 bits per heavy atom. The first-order valence-electron chi connectivity index (χ1n) is 13.0. The van der Waals surface area contributed by atoms with Gasteiger partial charge in [0.2, 0.25) is 11.8 Å². The highest BCUT2D eigenvalue weighted by Gasteiger charge is 2.22. The number of carbonyl (C=O) groups excluding carboxylic acids is 2. The molecule has 2 aromatic carbocycles.